The number of aryl methyl sites for hydroxylation is 1. The van der Waals surface area contributed by atoms with E-state index in [1.807, 2.05) is 31.2 Å². The van der Waals surface area contributed by atoms with Crippen molar-refractivity contribution in [3.8, 4) is 17.1 Å². The van der Waals surface area contributed by atoms with Gasteiger partial charge in [-0.3, -0.25) is 9.59 Å². The molecule has 2 N–H and O–H groups in total. The van der Waals surface area contributed by atoms with Gasteiger partial charge in [-0.1, -0.05) is 6.07 Å². The van der Waals surface area contributed by atoms with Crippen LogP contribution in [0.2, 0.25) is 0 Å². The molecule has 0 atom stereocenters. The summed E-state index contributed by atoms with van der Waals surface area (Å²) in [6.07, 6.45) is 2.23. The van der Waals surface area contributed by atoms with Crippen molar-refractivity contribution in [1.82, 2.24) is 10.3 Å². The standard InChI is InChI=1S/C22H23N3O4/c1-3-23-22(27)16-5-4-6-17(13-16)25-20(26)11-12-21-24-14-19(29-21)15-7-9-18(28-2)10-8-15/h4-10,13-14H,3,11-12H2,1-2H3,(H,23,27)(H,25,26). The highest BCUT2D eigenvalue weighted by Gasteiger charge is 2.11. The van der Waals surface area contributed by atoms with Gasteiger partial charge in [-0.25, -0.2) is 4.98 Å². The molecule has 0 saturated carbocycles. The van der Waals surface area contributed by atoms with E-state index in [9.17, 15) is 9.59 Å². The molecule has 0 fully saturated rings. The van der Waals surface area contributed by atoms with Crippen LogP contribution in [0.5, 0.6) is 5.75 Å². The van der Waals surface area contributed by atoms with Gasteiger partial charge in [-0.15, -0.1) is 0 Å². The number of anilines is 1. The molecule has 0 unspecified atom stereocenters. The van der Waals surface area contributed by atoms with Gasteiger partial charge in [0.2, 0.25) is 5.91 Å². The molecule has 0 aliphatic rings. The number of ether oxygens (including phenoxy) is 1. The topological polar surface area (TPSA) is 93.5 Å². The van der Waals surface area contributed by atoms with Crippen molar-refractivity contribution in [2.75, 3.05) is 19.0 Å². The number of nitrogens with zero attached hydrogens (tertiary/aromatic N) is 1. The summed E-state index contributed by atoms with van der Waals surface area (Å²) in [4.78, 5) is 28.4. The highest BCUT2D eigenvalue weighted by Crippen LogP contribution is 2.23. The number of rotatable bonds is 8. The predicted molar refractivity (Wildman–Crippen MR) is 110 cm³/mol. The second kappa shape index (κ2) is 9.54. The molecule has 0 saturated heterocycles. The number of aromatic nitrogens is 1. The fourth-order valence-electron chi connectivity index (χ4n) is 2.76. The molecule has 0 aliphatic carbocycles. The summed E-state index contributed by atoms with van der Waals surface area (Å²) in [6, 6.07) is 14.3. The molecular formula is C22H23N3O4. The number of hydrogen-bond donors (Lipinski definition) is 2. The maximum Gasteiger partial charge on any atom is 0.251 e. The summed E-state index contributed by atoms with van der Waals surface area (Å²) in [6.45, 7) is 2.40. The van der Waals surface area contributed by atoms with E-state index in [1.54, 1.807) is 37.6 Å². The van der Waals surface area contributed by atoms with Gasteiger partial charge in [0.15, 0.2) is 11.7 Å². The first-order valence-electron chi connectivity index (χ1n) is 9.36. The Morgan fingerprint density at radius 1 is 1.14 bits per heavy atom. The number of nitrogens with one attached hydrogen (secondary N) is 2. The van der Waals surface area contributed by atoms with Crippen LogP contribution in [0.4, 0.5) is 5.69 Å². The fraction of sp³-hybridized carbons (Fsp3) is 0.227. The predicted octanol–water partition coefficient (Wildman–Crippen LogP) is 3.67. The highest BCUT2D eigenvalue weighted by molar-refractivity contribution is 5.97. The minimum absolute atomic E-state index is 0.172. The number of amides is 2. The fourth-order valence-corrected chi connectivity index (χ4v) is 2.76. The molecule has 2 amide bonds. The van der Waals surface area contributed by atoms with Crippen molar-refractivity contribution < 1.29 is 18.7 Å². The SMILES string of the molecule is CCNC(=O)c1cccc(NC(=O)CCc2ncc(-c3ccc(OC)cc3)o2)c1. The molecular weight excluding hydrogens is 370 g/mol. The zero-order valence-corrected chi connectivity index (χ0v) is 16.4. The lowest BCUT2D eigenvalue weighted by atomic mass is 10.2. The molecule has 7 heteroatoms. The minimum Gasteiger partial charge on any atom is -0.497 e. The molecule has 3 rings (SSSR count). The molecule has 3 aromatic rings. The Morgan fingerprint density at radius 3 is 2.66 bits per heavy atom. The second-order valence-corrected chi connectivity index (χ2v) is 6.34. The Balaban J connectivity index is 1.55. The number of carbonyl (C=O) groups is 2. The molecule has 2 aromatic carbocycles. The summed E-state index contributed by atoms with van der Waals surface area (Å²) in [7, 11) is 1.61. The van der Waals surface area contributed by atoms with Crippen molar-refractivity contribution in [1.29, 1.82) is 0 Å². The Kier molecular flexibility index (Phi) is 6.63. The van der Waals surface area contributed by atoms with Crippen LogP contribution < -0.4 is 15.4 Å². The van der Waals surface area contributed by atoms with Gasteiger partial charge in [0.05, 0.1) is 13.3 Å². The number of methoxy groups -OCH3 is 1. The van der Waals surface area contributed by atoms with Crippen molar-refractivity contribution in [3.05, 3.63) is 66.2 Å². The lowest BCUT2D eigenvalue weighted by Crippen LogP contribution is -2.22. The van der Waals surface area contributed by atoms with E-state index in [1.165, 1.54) is 0 Å². The molecule has 1 heterocycles. The summed E-state index contributed by atoms with van der Waals surface area (Å²) < 4.78 is 10.9. The monoisotopic (exact) mass is 393 g/mol. The Hall–Kier alpha value is -3.61. The molecule has 0 bridgehead atoms. The first-order chi connectivity index (χ1) is 14.1. The Bertz CT molecular complexity index is 980. The van der Waals surface area contributed by atoms with Crippen molar-refractivity contribution in [2.45, 2.75) is 19.8 Å². The third-order valence-corrected chi connectivity index (χ3v) is 4.24. The zero-order valence-electron chi connectivity index (χ0n) is 16.4. The minimum atomic E-state index is -0.178. The quantitative estimate of drug-likeness (QED) is 0.609. The van der Waals surface area contributed by atoms with Crippen LogP contribution in [-0.2, 0) is 11.2 Å². The molecule has 150 valence electrons. The van der Waals surface area contributed by atoms with Gasteiger partial charge >= 0.3 is 0 Å². The van der Waals surface area contributed by atoms with Crippen LogP contribution in [-0.4, -0.2) is 30.5 Å². The Labute approximate surface area is 169 Å². The maximum absolute atomic E-state index is 12.2. The van der Waals surface area contributed by atoms with Gasteiger partial charge in [0.1, 0.15) is 5.75 Å². The van der Waals surface area contributed by atoms with Crippen LogP contribution in [0.15, 0.2) is 59.1 Å². The molecule has 0 aliphatic heterocycles. The first-order valence-corrected chi connectivity index (χ1v) is 9.36. The molecule has 7 nitrogen and oxygen atoms in total. The zero-order chi connectivity index (χ0) is 20.6. The first kappa shape index (κ1) is 20.1. The van der Waals surface area contributed by atoms with Gasteiger partial charge in [-0.05, 0) is 49.4 Å². The highest BCUT2D eigenvalue weighted by atomic mass is 16.5. The van der Waals surface area contributed by atoms with Crippen molar-refractivity contribution >= 4 is 17.5 Å². The van der Waals surface area contributed by atoms with Crippen molar-refractivity contribution in [3.63, 3.8) is 0 Å². The van der Waals surface area contributed by atoms with E-state index >= 15 is 0 Å². The van der Waals surface area contributed by atoms with Crippen LogP contribution in [0.3, 0.4) is 0 Å². The van der Waals surface area contributed by atoms with Crippen LogP contribution in [0, 0.1) is 0 Å². The molecule has 0 radical (unpaired) electrons. The van der Waals surface area contributed by atoms with Crippen LogP contribution in [0.1, 0.15) is 29.6 Å². The normalized spacial score (nSPS) is 10.4. The van der Waals surface area contributed by atoms with Gasteiger partial charge in [-0.2, -0.15) is 0 Å². The average Bonchev–Trinajstić information content (AvgIpc) is 3.22. The van der Waals surface area contributed by atoms with E-state index in [4.69, 9.17) is 9.15 Å². The van der Waals surface area contributed by atoms with Crippen LogP contribution >= 0.6 is 0 Å². The number of hydrogen-bond acceptors (Lipinski definition) is 5. The number of benzene rings is 2. The number of oxazole rings is 1. The summed E-state index contributed by atoms with van der Waals surface area (Å²) in [5.41, 5.74) is 1.96. The van der Waals surface area contributed by atoms with E-state index in [-0.39, 0.29) is 18.2 Å². The molecule has 29 heavy (non-hydrogen) atoms. The van der Waals surface area contributed by atoms with Gasteiger partial charge in [0, 0.05) is 36.2 Å². The Morgan fingerprint density at radius 2 is 1.93 bits per heavy atom. The molecule has 0 spiro atoms. The van der Waals surface area contributed by atoms with Gasteiger partial charge < -0.3 is 19.8 Å². The van der Waals surface area contributed by atoms with E-state index in [0.717, 1.165) is 11.3 Å². The summed E-state index contributed by atoms with van der Waals surface area (Å²) in [5.74, 6) is 1.54. The second-order valence-electron chi connectivity index (χ2n) is 6.34. The van der Waals surface area contributed by atoms with Gasteiger partial charge in [0.25, 0.3) is 5.91 Å². The average molecular weight is 393 g/mol. The van der Waals surface area contributed by atoms with E-state index in [0.29, 0.717) is 35.9 Å². The van der Waals surface area contributed by atoms with E-state index < -0.39 is 0 Å². The summed E-state index contributed by atoms with van der Waals surface area (Å²) in [5, 5.41) is 5.53. The van der Waals surface area contributed by atoms with E-state index in [2.05, 4.69) is 15.6 Å². The number of carbonyl (C=O) groups excluding carboxylic acids is 2. The lowest BCUT2D eigenvalue weighted by molar-refractivity contribution is -0.116. The molecule has 1 aromatic heterocycles. The maximum atomic E-state index is 12.2. The summed E-state index contributed by atoms with van der Waals surface area (Å²) >= 11 is 0. The van der Waals surface area contributed by atoms with Crippen molar-refractivity contribution in [2.24, 2.45) is 0 Å². The third-order valence-electron chi connectivity index (χ3n) is 4.24. The third kappa shape index (κ3) is 5.44. The lowest BCUT2D eigenvalue weighted by Gasteiger charge is -2.07. The smallest absolute Gasteiger partial charge is 0.251 e. The van der Waals surface area contributed by atoms with Crippen LogP contribution in [0.25, 0.3) is 11.3 Å². The largest absolute Gasteiger partial charge is 0.497 e.